The van der Waals surface area contributed by atoms with E-state index >= 15 is 0 Å². The third kappa shape index (κ3) is 5.90. The largest absolute Gasteiger partial charge is 0.454 e. The lowest BCUT2D eigenvalue weighted by molar-refractivity contribution is -0.00258. The fraction of sp³-hybridized carbons (Fsp3) is 0.333. The maximum Gasteiger partial charge on any atom is 0.407 e. The molecular formula is C36H39NO7Si. The van der Waals surface area contributed by atoms with E-state index in [0.717, 1.165) is 21.5 Å². The Hall–Kier alpha value is -4.34. The Morgan fingerprint density at radius 3 is 2.22 bits per heavy atom. The van der Waals surface area contributed by atoms with E-state index in [1.54, 1.807) is 6.07 Å². The number of allylic oxidation sites excluding steroid dienone is 1. The van der Waals surface area contributed by atoms with Gasteiger partial charge in [-0.25, -0.2) is 9.59 Å². The molecule has 2 heterocycles. The lowest BCUT2D eigenvalue weighted by Crippen LogP contribution is -2.69. The second kappa shape index (κ2) is 12.6. The van der Waals surface area contributed by atoms with E-state index in [0.29, 0.717) is 36.4 Å². The quantitative estimate of drug-likeness (QED) is 0.188. The van der Waals surface area contributed by atoms with Crippen molar-refractivity contribution in [1.82, 2.24) is 5.32 Å². The van der Waals surface area contributed by atoms with Crippen LogP contribution in [0.4, 0.5) is 4.79 Å². The molecule has 3 aromatic carbocycles. The third-order valence-electron chi connectivity index (χ3n) is 8.73. The Kier molecular flexibility index (Phi) is 8.57. The van der Waals surface area contributed by atoms with Crippen molar-refractivity contribution in [3.63, 3.8) is 0 Å². The molecule has 0 saturated heterocycles. The maximum atomic E-state index is 13.5. The van der Waals surface area contributed by atoms with Crippen LogP contribution < -0.4 is 25.2 Å². The number of fused-ring (bicyclic) bond motifs is 4. The van der Waals surface area contributed by atoms with Crippen molar-refractivity contribution in [3.05, 3.63) is 103 Å². The normalized spacial score (nSPS) is 20.3. The molecule has 3 aliphatic rings. The van der Waals surface area contributed by atoms with Crippen LogP contribution in [0.3, 0.4) is 0 Å². The van der Waals surface area contributed by atoms with Crippen molar-refractivity contribution in [2.75, 3.05) is 19.9 Å². The number of hydrogen-bond acceptors (Lipinski definition) is 7. The molecule has 8 nitrogen and oxygen atoms in total. The second-order valence-electron chi connectivity index (χ2n) is 12.6. The molecule has 3 aromatic rings. The summed E-state index contributed by atoms with van der Waals surface area (Å²) >= 11 is 0. The summed E-state index contributed by atoms with van der Waals surface area (Å²) in [6.07, 6.45) is 3.40. The summed E-state index contributed by atoms with van der Waals surface area (Å²) in [7, 11) is -3.00. The number of alkyl carbamates (subject to hydrolysis) is 1. The van der Waals surface area contributed by atoms with E-state index in [4.69, 9.17) is 23.4 Å². The van der Waals surface area contributed by atoms with Crippen molar-refractivity contribution in [2.24, 2.45) is 5.92 Å². The fourth-order valence-electron chi connectivity index (χ4n) is 6.72. The van der Waals surface area contributed by atoms with Gasteiger partial charge in [-0.1, -0.05) is 100 Å². The molecule has 0 spiro atoms. The van der Waals surface area contributed by atoms with Crippen LogP contribution >= 0.6 is 0 Å². The standard InChI is InChI=1S/C36H39NO7Si/c1-5-18-40-35(39)37-17-16-24-19-28-27-21-30-31(42-23-41-30)22-29(27)34(38)43-33(28)32(20-24)44-45(36(2,3)4,25-12-8-6-9-13-25)26-14-10-7-11-15-26/h5-15,19,21-22,24,32-33H,1,16-18,20,23H2,2-4H3,(H,37,39)/t24-,32+,33-/m1/s1. The number of carbonyl (C=O) groups excluding carboxylic acids is 2. The van der Waals surface area contributed by atoms with Crippen LogP contribution in [0.5, 0.6) is 11.5 Å². The Balaban J connectivity index is 1.42. The maximum absolute atomic E-state index is 13.5. The molecule has 9 heteroatoms. The van der Waals surface area contributed by atoms with Crippen LogP contribution in [0.15, 0.2) is 91.5 Å². The number of esters is 1. The molecule has 45 heavy (non-hydrogen) atoms. The van der Waals surface area contributed by atoms with E-state index in [1.807, 2.05) is 18.2 Å². The average Bonchev–Trinajstić information content (AvgIpc) is 3.50. The van der Waals surface area contributed by atoms with Crippen molar-refractivity contribution in [1.29, 1.82) is 0 Å². The summed E-state index contributed by atoms with van der Waals surface area (Å²) in [4.78, 5) is 25.7. The zero-order valence-corrected chi connectivity index (χ0v) is 26.9. The highest BCUT2D eigenvalue weighted by Crippen LogP contribution is 2.47. The fourth-order valence-corrected chi connectivity index (χ4v) is 11.4. The number of hydrogen-bond donors (Lipinski definition) is 1. The number of amides is 1. The Bertz CT molecular complexity index is 1560. The molecule has 0 radical (unpaired) electrons. The van der Waals surface area contributed by atoms with E-state index in [9.17, 15) is 9.59 Å². The van der Waals surface area contributed by atoms with Crippen molar-refractivity contribution >= 4 is 36.3 Å². The average molecular weight is 626 g/mol. The number of nitrogens with one attached hydrogen (secondary N) is 1. The van der Waals surface area contributed by atoms with Crippen molar-refractivity contribution in [2.45, 2.75) is 50.9 Å². The topological polar surface area (TPSA) is 92.3 Å². The lowest BCUT2D eigenvalue weighted by Gasteiger charge is -2.48. The van der Waals surface area contributed by atoms with Gasteiger partial charge in [-0.2, -0.15) is 0 Å². The molecule has 0 bridgehead atoms. The van der Waals surface area contributed by atoms with Gasteiger partial charge in [0.1, 0.15) is 6.61 Å². The summed E-state index contributed by atoms with van der Waals surface area (Å²) < 4.78 is 30.2. The van der Waals surface area contributed by atoms with Crippen LogP contribution in [0.1, 0.15) is 49.5 Å². The van der Waals surface area contributed by atoms with Crippen LogP contribution in [-0.4, -0.2) is 52.5 Å². The summed E-state index contributed by atoms with van der Waals surface area (Å²) in [6.45, 7) is 11.0. The first-order valence-corrected chi connectivity index (χ1v) is 17.3. The smallest absolute Gasteiger partial charge is 0.407 e. The third-order valence-corrected chi connectivity index (χ3v) is 13.8. The van der Waals surface area contributed by atoms with Gasteiger partial charge in [0.15, 0.2) is 17.6 Å². The van der Waals surface area contributed by atoms with Crippen LogP contribution in [0, 0.1) is 5.92 Å². The Morgan fingerprint density at radius 2 is 1.62 bits per heavy atom. The minimum absolute atomic E-state index is 0.0224. The minimum Gasteiger partial charge on any atom is -0.454 e. The van der Waals surface area contributed by atoms with Crippen LogP contribution in [0.2, 0.25) is 5.04 Å². The minimum atomic E-state index is -3.00. The molecule has 0 aromatic heterocycles. The summed E-state index contributed by atoms with van der Waals surface area (Å²) in [5.74, 6) is 0.738. The van der Waals surface area contributed by atoms with E-state index < -0.39 is 32.6 Å². The monoisotopic (exact) mass is 625 g/mol. The highest BCUT2D eigenvalue weighted by Gasteiger charge is 2.54. The van der Waals surface area contributed by atoms with Gasteiger partial charge in [0.2, 0.25) is 6.79 Å². The van der Waals surface area contributed by atoms with Gasteiger partial charge in [0.05, 0.1) is 11.7 Å². The molecule has 6 rings (SSSR count). The van der Waals surface area contributed by atoms with E-state index in [-0.39, 0.29) is 24.4 Å². The first kappa shape index (κ1) is 30.7. The molecule has 0 saturated carbocycles. The Morgan fingerprint density at radius 1 is 1.00 bits per heavy atom. The van der Waals surface area contributed by atoms with Gasteiger partial charge in [-0.05, 0) is 57.4 Å². The molecule has 234 valence electrons. The van der Waals surface area contributed by atoms with Gasteiger partial charge >= 0.3 is 12.1 Å². The summed E-state index contributed by atoms with van der Waals surface area (Å²) in [5, 5.41) is 4.87. The number of benzene rings is 3. The molecule has 1 N–H and O–H groups in total. The molecular weight excluding hydrogens is 586 g/mol. The molecule has 1 amide bonds. The second-order valence-corrected chi connectivity index (χ2v) is 16.9. The van der Waals surface area contributed by atoms with Crippen LogP contribution in [-0.2, 0) is 13.9 Å². The first-order chi connectivity index (χ1) is 21.7. The lowest BCUT2D eigenvalue weighted by atomic mass is 9.79. The Labute approximate surface area is 265 Å². The summed E-state index contributed by atoms with van der Waals surface area (Å²) in [5.41, 5.74) is 2.09. The highest BCUT2D eigenvalue weighted by atomic mass is 28.4. The van der Waals surface area contributed by atoms with Crippen molar-refractivity contribution in [3.8, 4) is 11.5 Å². The van der Waals surface area contributed by atoms with Crippen molar-refractivity contribution < 1.29 is 33.0 Å². The zero-order valence-electron chi connectivity index (χ0n) is 25.9. The summed E-state index contributed by atoms with van der Waals surface area (Å²) in [6, 6.07) is 24.5. The van der Waals surface area contributed by atoms with Crippen LogP contribution in [0.25, 0.3) is 5.57 Å². The molecule has 3 atom stereocenters. The zero-order chi connectivity index (χ0) is 31.6. The van der Waals surface area contributed by atoms with Gasteiger partial charge in [-0.3, -0.25) is 0 Å². The molecule has 1 aliphatic carbocycles. The van der Waals surface area contributed by atoms with Gasteiger partial charge in [0, 0.05) is 6.54 Å². The highest BCUT2D eigenvalue weighted by molar-refractivity contribution is 6.99. The number of rotatable bonds is 9. The SMILES string of the molecule is C=CCOC(=O)NCC[C@@H]1C=C2c3cc4c(cc3C(=O)O[C@H]2[C@@H](O[Si](c2ccccc2)(c2ccccc2)C(C)(C)C)C1)OCO4. The first-order valence-electron chi connectivity index (χ1n) is 15.4. The molecule has 0 unspecified atom stereocenters. The number of ether oxygens (including phenoxy) is 4. The van der Waals surface area contributed by atoms with Gasteiger partial charge in [0.25, 0.3) is 8.32 Å². The van der Waals surface area contributed by atoms with E-state index in [2.05, 4.69) is 87.3 Å². The van der Waals surface area contributed by atoms with E-state index in [1.165, 1.54) is 6.08 Å². The number of carbonyl (C=O) groups is 2. The molecule has 2 aliphatic heterocycles. The van der Waals surface area contributed by atoms with Gasteiger partial charge in [-0.15, -0.1) is 0 Å². The molecule has 0 fully saturated rings. The van der Waals surface area contributed by atoms with Gasteiger partial charge < -0.3 is 28.7 Å². The predicted molar refractivity (Wildman–Crippen MR) is 175 cm³/mol. The predicted octanol–water partition coefficient (Wildman–Crippen LogP) is 5.61.